The molecular formula is C44H82NO10P. The van der Waals surface area contributed by atoms with Gasteiger partial charge < -0.3 is 25.2 Å². The number of aliphatic hydroxyl groups is 1. The van der Waals surface area contributed by atoms with E-state index in [1.54, 1.807) is 0 Å². The Kier molecular flexibility index (Phi) is 38.3. The standard InChI is InChI=1S/C44H82NO10P/c1-3-5-7-9-11-13-15-17-18-19-20-21-22-24-25-27-29-31-33-35-42(47)45-41(44(49)50)39-55-56(51,52)54-38-40(46)37-53-43(48)36-34-32-30-28-26-23-16-14-12-10-8-6-4-2/h8,10,14,16,40-41,46H,3-7,9,11-13,15,17-39H2,1-2H3,(H,45,47)(H,49,50)(H,51,52)/b10-8-,16-14-. The number of carbonyl (C=O) groups excluding carboxylic acids is 2. The van der Waals surface area contributed by atoms with E-state index in [0.717, 1.165) is 64.2 Å². The van der Waals surface area contributed by atoms with Crippen molar-refractivity contribution in [2.45, 2.75) is 219 Å². The predicted molar refractivity (Wildman–Crippen MR) is 226 cm³/mol. The van der Waals surface area contributed by atoms with Gasteiger partial charge in [0.05, 0.1) is 13.2 Å². The SMILES string of the molecule is CCC/C=C\C/C=C\CCCCCCCC(=O)OCC(O)COP(=O)(O)OCC(NC(=O)CCCCCCCCCCCCCCCCCCCCC)C(=O)O. The van der Waals surface area contributed by atoms with Gasteiger partial charge in [-0.15, -0.1) is 0 Å². The number of allylic oxidation sites excluding steroid dienone is 4. The van der Waals surface area contributed by atoms with E-state index < -0.39 is 57.6 Å². The first-order valence-corrected chi connectivity index (χ1v) is 23.9. The van der Waals surface area contributed by atoms with Gasteiger partial charge in [-0.1, -0.05) is 179 Å². The number of esters is 1. The fourth-order valence-corrected chi connectivity index (χ4v) is 7.01. The Hall–Kier alpha value is -2.04. The number of aliphatic hydroxyl groups excluding tert-OH is 1. The van der Waals surface area contributed by atoms with Crippen LogP contribution in [-0.4, -0.2) is 64.9 Å². The van der Waals surface area contributed by atoms with Gasteiger partial charge in [0.2, 0.25) is 5.91 Å². The summed E-state index contributed by atoms with van der Waals surface area (Å²) >= 11 is 0. The summed E-state index contributed by atoms with van der Waals surface area (Å²) in [6.07, 6.45) is 40.6. The number of rotatable bonds is 42. The van der Waals surface area contributed by atoms with E-state index in [0.29, 0.717) is 12.8 Å². The van der Waals surface area contributed by atoms with E-state index in [4.69, 9.17) is 13.8 Å². The number of carbonyl (C=O) groups is 3. The number of hydrogen-bond donors (Lipinski definition) is 4. The molecule has 0 aliphatic carbocycles. The molecule has 0 saturated carbocycles. The highest BCUT2D eigenvalue weighted by atomic mass is 31.2. The average molecular weight is 816 g/mol. The van der Waals surface area contributed by atoms with Crippen molar-refractivity contribution in [3.8, 4) is 0 Å². The molecule has 0 radical (unpaired) electrons. The lowest BCUT2D eigenvalue weighted by Gasteiger charge is -2.18. The van der Waals surface area contributed by atoms with Crippen LogP contribution in [0.1, 0.15) is 206 Å². The topological polar surface area (TPSA) is 169 Å². The smallest absolute Gasteiger partial charge is 0.472 e. The van der Waals surface area contributed by atoms with E-state index in [9.17, 15) is 34.1 Å². The second-order valence-corrected chi connectivity index (χ2v) is 16.7. The Balaban J connectivity index is 3.88. The Labute approximate surface area is 340 Å². The highest BCUT2D eigenvalue weighted by Crippen LogP contribution is 2.43. The van der Waals surface area contributed by atoms with E-state index in [2.05, 4.69) is 43.5 Å². The van der Waals surface area contributed by atoms with Crippen LogP contribution in [0.5, 0.6) is 0 Å². The largest absolute Gasteiger partial charge is 0.480 e. The summed E-state index contributed by atoms with van der Waals surface area (Å²) in [7, 11) is -4.75. The van der Waals surface area contributed by atoms with Gasteiger partial charge in [-0.05, 0) is 38.5 Å². The van der Waals surface area contributed by atoms with Crippen LogP contribution in [0.3, 0.4) is 0 Å². The summed E-state index contributed by atoms with van der Waals surface area (Å²) < 4.78 is 26.8. The zero-order chi connectivity index (χ0) is 41.4. The molecule has 0 bridgehead atoms. The Bertz CT molecular complexity index is 1050. The normalized spacial score (nSPS) is 13.9. The van der Waals surface area contributed by atoms with Crippen molar-refractivity contribution in [2.24, 2.45) is 0 Å². The van der Waals surface area contributed by atoms with Crippen LogP contribution in [-0.2, 0) is 32.7 Å². The number of unbranched alkanes of at least 4 members (excludes halogenated alkanes) is 24. The Morgan fingerprint density at radius 2 is 1.02 bits per heavy atom. The first kappa shape index (κ1) is 54.0. The molecule has 0 aromatic carbocycles. The molecule has 328 valence electrons. The molecule has 12 heteroatoms. The molecular weight excluding hydrogens is 733 g/mol. The number of ether oxygens (including phenoxy) is 1. The summed E-state index contributed by atoms with van der Waals surface area (Å²) in [5.74, 6) is -2.38. The minimum absolute atomic E-state index is 0.149. The molecule has 0 spiro atoms. The zero-order valence-electron chi connectivity index (χ0n) is 35.4. The zero-order valence-corrected chi connectivity index (χ0v) is 36.3. The molecule has 0 aromatic rings. The van der Waals surface area contributed by atoms with Crippen LogP contribution in [0.25, 0.3) is 0 Å². The van der Waals surface area contributed by atoms with Crippen molar-refractivity contribution in [2.75, 3.05) is 19.8 Å². The van der Waals surface area contributed by atoms with Gasteiger partial charge in [-0.25, -0.2) is 9.36 Å². The van der Waals surface area contributed by atoms with Crippen LogP contribution in [0, 0.1) is 0 Å². The highest BCUT2D eigenvalue weighted by molar-refractivity contribution is 7.47. The van der Waals surface area contributed by atoms with Gasteiger partial charge in [-0.3, -0.25) is 18.6 Å². The van der Waals surface area contributed by atoms with E-state index in [1.165, 1.54) is 103 Å². The molecule has 0 heterocycles. The number of hydrogen-bond acceptors (Lipinski definition) is 8. The van der Waals surface area contributed by atoms with Crippen LogP contribution in [0.15, 0.2) is 24.3 Å². The number of aliphatic carboxylic acids is 1. The molecule has 0 aliphatic rings. The molecule has 0 fully saturated rings. The number of phosphoric ester groups is 1. The van der Waals surface area contributed by atoms with Crippen molar-refractivity contribution in [3.05, 3.63) is 24.3 Å². The summed E-state index contributed by atoms with van der Waals surface area (Å²) in [4.78, 5) is 45.9. The summed E-state index contributed by atoms with van der Waals surface area (Å²) in [6.45, 7) is 2.53. The summed E-state index contributed by atoms with van der Waals surface area (Å²) in [5.41, 5.74) is 0. The van der Waals surface area contributed by atoms with Gasteiger partial charge >= 0.3 is 19.8 Å². The lowest BCUT2D eigenvalue weighted by molar-refractivity contribution is -0.147. The van der Waals surface area contributed by atoms with Crippen molar-refractivity contribution < 1.29 is 47.8 Å². The van der Waals surface area contributed by atoms with E-state index in [-0.39, 0.29) is 12.8 Å². The number of carboxylic acid groups (broad SMARTS) is 1. The lowest BCUT2D eigenvalue weighted by Crippen LogP contribution is -2.43. The van der Waals surface area contributed by atoms with Crippen molar-refractivity contribution in [1.29, 1.82) is 0 Å². The maximum atomic E-state index is 12.3. The van der Waals surface area contributed by atoms with Gasteiger partial charge in [0, 0.05) is 12.8 Å². The van der Waals surface area contributed by atoms with Crippen LogP contribution < -0.4 is 5.32 Å². The van der Waals surface area contributed by atoms with Gasteiger partial charge in [0.1, 0.15) is 12.7 Å². The molecule has 4 N–H and O–H groups in total. The van der Waals surface area contributed by atoms with Crippen LogP contribution >= 0.6 is 7.82 Å². The second kappa shape index (κ2) is 39.8. The summed E-state index contributed by atoms with van der Waals surface area (Å²) in [6, 6.07) is -1.54. The van der Waals surface area contributed by atoms with E-state index in [1.807, 2.05) is 0 Å². The third kappa shape index (κ3) is 38.8. The third-order valence-electron chi connectivity index (χ3n) is 9.72. The third-order valence-corrected chi connectivity index (χ3v) is 10.7. The van der Waals surface area contributed by atoms with Gasteiger partial charge in [0.25, 0.3) is 0 Å². The average Bonchev–Trinajstić information content (AvgIpc) is 3.17. The van der Waals surface area contributed by atoms with Crippen LogP contribution in [0.4, 0.5) is 0 Å². The fraction of sp³-hybridized carbons (Fsp3) is 0.841. The molecule has 3 unspecified atom stereocenters. The minimum atomic E-state index is -4.75. The minimum Gasteiger partial charge on any atom is -0.480 e. The molecule has 0 rings (SSSR count). The van der Waals surface area contributed by atoms with Gasteiger partial charge in [0.15, 0.2) is 6.04 Å². The molecule has 56 heavy (non-hydrogen) atoms. The first-order chi connectivity index (χ1) is 27.1. The predicted octanol–water partition coefficient (Wildman–Crippen LogP) is 11.4. The Morgan fingerprint density at radius 1 is 0.571 bits per heavy atom. The van der Waals surface area contributed by atoms with Crippen LogP contribution in [0.2, 0.25) is 0 Å². The van der Waals surface area contributed by atoms with Crippen molar-refractivity contribution >= 4 is 25.7 Å². The van der Waals surface area contributed by atoms with E-state index >= 15 is 0 Å². The number of phosphoric acid groups is 1. The first-order valence-electron chi connectivity index (χ1n) is 22.4. The maximum absolute atomic E-state index is 12.3. The highest BCUT2D eigenvalue weighted by Gasteiger charge is 2.28. The Morgan fingerprint density at radius 3 is 1.52 bits per heavy atom. The number of amides is 1. The quantitative estimate of drug-likeness (QED) is 0.0201. The molecule has 1 amide bonds. The summed E-state index contributed by atoms with van der Waals surface area (Å²) in [5, 5.41) is 21.8. The van der Waals surface area contributed by atoms with Gasteiger partial charge in [-0.2, -0.15) is 0 Å². The number of nitrogens with one attached hydrogen (secondary N) is 1. The molecule has 0 aliphatic heterocycles. The van der Waals surface area contributed by atoms with Crippen molar-refractivity contribution in [1.82, 2.24) is 5.32 Å². The molecule has 11 nitrogen and oxygen atoms in total. The molecule has 0 aromatic heterocycles. The molecule has 0 saturated heterocycles. The van der Waals surface area contributed by atoms with Crippen molar-refractivity contribution in [3.63, 3.8) is 0 Å². The number of carboxylic acids is 1. The monoisotopic (exact) mass is 816 g/mol. The molecule has 3 atom stereocenters. The maximum Gasteiger partial charge on any atom is 0.472 e. The fourth-order valence-electron chi connectivity index (χ4n) is 6.24. The lowest BCUT2D eigenvalue weighted by atomic mass is 10.0. The second-order valence-electron chi connectivity index (χ2n) is 15.2.